The molecule has 6 nitrogen and oxygen atoms in total. The predicted octanol–water partition coefficient (Wildman–Crippen LogP) is 3.48. The maximum atomic E-state index is 12.9. The number of halogens is 1. The molecule has 0 bridgehead atoms. The fourth-order valence-electron chi connectivity index (χ4n) is 2.57. The molecule has 0 spiro atoms. The zero-order chi connectivity index (χ0) is 18.2. The lowest BCUT2D eigenvalue weighted by molar-refractivity contribution is -0.123. The van der Waals surface area contributed by atoms with E-state index in [9.17, 15) is 4.79 Å². The Hall–Kier alpha value is -2.39. The summed E-state index contributed by atoms with van der Waals surface area (Å²) in [6.07, 6.45) is 3.84. The third-order valence-corrected chi connectivity index (χ3v) is 5.14. The summed E-state index contributed by atoms with van der Waals surface area (Å²) < 4.78 is 2.22. The first-order valence-corrected chi connectivity index (χ1v) is 8.96. The second-order valence-electron chi connectivity index (χ2n) is 6.58. The Balaban J connectivity index is 1.89. The molecule has 1 fully saturated rings. The number of anilines is 1. The van der Waals surface area contributed by atoms with E-state index in [1.54, 1.807) is 32.2 Å². The van der Waals surface area contributed by atoms with Crippen molar-refractivity contribution >= 4 is 34.2 Å². The lowest BCUT2D eigenvalue weighted by atomic mass is 10.0. The van der Waals surface area contributed by atoms with Gasteiger partial charge in [-0.05, 0) is 79.0 Å². The van der Waals surface area contributed by atoms with Gasteiger partial charge in [0.15, 0.2) is 5.69 Å². The summed E-state index contributed by atoms with van der Waals surface area (Å²) in [6, 6.07) is 9.51. The minimum atomic E-state index is -0.955. The van der Waals surface area contributed by atoms with Crippen LogP contribution >= 0.6 is 22.6 Å². The number of hydrogen-bond donors (Lipinski definition) is 1. The van der Waals surface area contributed by atoms with Crippen molar-refractivity contribution in [2.45, 2.75) is 38.1 Å². The number of rotatable bonds is 4. The minimum absolute atomic E-state index is 0.220. The highest BCUT2D eigenvalue weighted by molar-refractivity contribution is 14.1. The molecule has 126 valence electrons. The summed E-state index contributed by atoms with van der Waals surface area (Å²) in [6.45, 7) is 3.51. The van der Waals surface area contributed by atoms with Crippen LogP contribution in [0.3, 0.4) is 0 Å². The summed E-state index contributed by atoms with van der Waals surface area (Å²) in [5.41, 5.74) is 1.69. The van der Waals surface area contributed by atoms with Gasteiger partial charge in [0.25, 0.3) is 5.91 Å². The molecule has 3 rings (SSSR count). The number of hydrogen-bond acceptors (Lipinski definition) is 4. The molecular weight excluding hydrogens is 429 g/mol. The van der Waals surface area contributed by atoms with Crippen molar-refractivity contribution < 1.29 is 4.79 Å². The number of nitriles is 2. The van der Waals surface area contributed by atoms with Crippen molar-refractivity contribution in [1.82, 2.24) is 9.78 Å². The van der Waals surface area contributed by atoms with Crippen LogP contribution in [0.1, 0.15) is 49.4 Å². The minimum Gasteiger partial charge on any atom is -0.324 e. The molecular formula is C18H16IN5O. The van der Waals surface area contributed by atoms with Crippen LogP contribution in [-0.2, 0) is 10.3 Å². The SMILES string of the molecule is CC(C)(C(=O)Nc1ccc(C#N)cc1C1CC1)n1cc(I)c(C#N)n1. The van der Waals surface area contributed by atoms with E-state index < -0.39 is 5.54 Å². The van der Waals surface area contributed by atoms with Crippen molar-refractivity contribution in [2.24, 2.45) is 0 Å². The lowest BCUT2D eigenvalue weighted by Crippen LogP contribution is -2.41. The molecule has 0 aliphatic heterocycles. The number of carbonyl (C=O) groups excluding carboxylic acids is 1. The van der Waals surface area contributed by atoms with Crippen LogP contribution in [-0.4, -0.2) is 15.7 Å². The summed E-state index contributed by atoms with van der Waals surface area (Å²) in [4.78, 5) is 12.9. The Morgan fingerprint density at radius 2 is 2.08 bits per heavy atom. The van der Waals surface area contributed by atoms with Crippen molar-refractivity contribution in [3.8, 4) is 12.1 Å². The van der Waals surface area contributed by atoms with E-state index in [1.807, 2.05) is 34.7 Å². The third kappa shape index (κ3) is 3.38. The number of benzene rings is 1. The van der Waals surface area contributed by atoms with Crippen LogP contribution in [0.15, 0.2) is 24.4 Å². The number of amides is 1. The summed E-state index contributed by atoms with van der Waals surface area (Å²) in [7, 11) is 0. The largest absolute Gasteiger partial charge is 0.324 e. The molecule has 1 amide bonds. The number of aromatic nitrogens is 2. The van der Waals surface area contributed by atoms with Gasteiger partial charge in [-0.15, -0.1) is 0 Å². The molecule has 2 aromatic rings. The third-order valence-electron chi connectivity index (χ3n) is 4.35. The molecule has 1 N–H and O–H groups in total. The van der Waals surface area contributed by atoms with Gasteiger partial charge in [-0.1, -0.05) is 0 Å². The maximum Gasteiger partial charge on any atom is 0.251 e. The average molecular weight is 445 g/mol. The van der Waals surface area contributed by atoms with Crippen LogP contribution < -0.4 is 5.32 Å². The van der Waals surface area contributed by atoms with E-state index in [4.69, 9.17) is 10.5 Å². The molecule has 7 heteroatoms. The van der Waals surface area contributed by atoms with E-state index in [1.165, 1.54) is 4.68 Å². The normalized spacial score (nSPS) is 13.8. The smallest absolute Gasteiger partial charge is 0.251 e. The summed E-state index contributed by atoms with van der Waals surface area (Å²) in [5, 5.41) is 25.3. The van der Waals surface area contributed by atoms with Crippen LogP contribution in [0.5, 0.6) is 0 Å². The number of nitrogens with one attached hydrogen (secondary N) is 1. The molecule has 0 unspecified atom stereocenters. The molecule has 0 atom stereocenters. The van der Waals surface area contributed by atoms with Gasteiger partial charge in [-0.2, -0.15) is 15.6 Å². The highest BCUT2D eigenvalue weighted by Gasteiger charge is 2.33. The van der Waals surface area contributed by atoms with Crippen LogP contribution in [0.25, 0.3) is 0 Å². The van der Waals surface area contributed by atoms with Crippen LogP contribution in [0.2, 0.25) is 0 Å². The Kier molecular flexibility index (Phi) is 4.53. The Morgan fingerprint density at radius 1 is 1.36 bits per heavy atom. The Labute approximate surface area is 159 Å². The van der Waals surface area contributed by atoms with Gasteiger partial charge < -0.3 is 5.32 Å². The molecule has 1 saturated carbocycles. The molecule has 1 aliphatic carbocycles. The van der Waals surface area contributed by atoms with Gasteiger partial charge >= 0.3 is 0 Å². The molecule has 1 aromatic heterocycles. The van der Waals surface area contributed by atoms with E-state index in [0.717, 1.165) is 24.1 Å². The van der Waals surface area contributed by atoms with E-state index >= 15 is 0 Å². The molecule has 1 aromatic carbocycles. The van der Waals surface area contributed by atoms with Crippen molar-refractivity contribution in [3.05, 3.63) is 44.8 Å². The Morgan fingerprint density at radius 3 is 2.64 bits per heavy atom. The molecule has 0 radical (unpaired) electrons. The van der Waals surface area contributed by atoms with Crippen molar-refractivity contribution in [1.29, 1.82) is 10.5 Å². The molecule has 25 heavy (non-hydrogen) atoms. The van der Waals surface area contributed by atoms with Gasteiger partial charge in [0.05, 0.1) is 15.2 Å². The van der Waals surface area contributed by atoms with Gasteiger partial charge in [0, 0.05) is 11.9 Å². The van der Waals surface area contributed by atoms with Gasteiger partial charge in [-0.25, -0.2) is 0 Å². The quantitative estimate of drug-likeness (QED) is 0.730. The molecule has 0 saturated heterocycles. The zero-order valence-corrected chi connectivity index (χ0v) is 16.0. The molecule has 1 heterocycles. The summed E-state index contributed by atoms with van der Waals surface area (Å²) >= 11 is 2.03. The van der Waals surface area contributed by atoms with Gasteiger partial charge in [0.1, 0.15) is 11.6 Å². The van der Waals surface area contributed by atoms with Gasteiger partial charge in [0.2, 0.25) is 0 Å². The van der Waals surface area contributed by atoms with Crippen molar-refractivity contribution in [2.75, 3.05) is 5.32 Å². The van der Waals surface area contributed by atoms with E-state index in [2.05, 4.69) is 16.5 Å². The second-order valence-corrected chi connectivity index (χ2v) is 7.75. The second kappa shape index (κ2) is 6.49. The fraction of sp³-hybridized carbons (Fsp3) is 0.333. The molecule has 1 aliphatic rings. The Bertz CT molecular complexity index is 928. The van der Waals surface area contributed by atoms with E-state index in [0.29, 0.717) is 20.7 Å². The first kappa shape index (κ1) is 17.4. The van der Waals surface area contributed by atoms with E-state index in [-0.39, 0.29) is 5.91 Å². The maximum absolute atomic E-state index is 12.9. The summed E-state index contributed by atoms with van der Waals surface area (Å²) in [5.74, 6) is 0.185. The highest BCUT2D eigenvalue weighted by atomic mass is 127. The van der Waals surface area contributed by atoms with Crippen molar-refractivity contribution in [3.63, 3.8) is 0 Å². The fourth-order valence-corrected chi connectivity index (χ4v) is 3.06. The zero-order valence-electron chi connectivity index (χ0n) is 13.9. The predicted molar refractivity (Wildman–Crippen MR) is 101 cm³/mol. The first-order valence-electron chi connectivity index (χ1n) is 7.88. The lowest BCUT2D eigenvalue weighted by Gasteiger charge is -2.25. The standard InChI is InChI=1S/C18H16IN5O/c1-18(2,24-10-14(19)16(9-21)23-24)17(25)22-15-6-3-11(8-20)7-13(15)12-4-5-12/h3,6-7,10,12H,4-5H2,1-2H3,(H,22,25). The average Bonchev–Trinajstić information content (AvgIpc) is 3.36. The number of nitrogens with zero attached hydrogens (tertiary/aromatic N) is 4. The van der Waals surface area contributed by atoms with Crippen LogP contribution in [0.4, 0.5) is 5.69 Å². The van der Waals surface area contributed by atoms with Gasteiger partial charge in [-0.3, -0.25) is 9.48 Å². The highest BCUT2D eigenvalue weighted by Crippen LogP contribution is 2.44. The number of carbonyl (C=O) groups is 1. The van der Waals surface area contributed by atoms with Crippen LogP contribution in [0, 0.1) is 26.2 Å². The monoisotopic (exact) mass is 445 g/mol. The topological polar surface area (TPSA) is 94.5 Å². The first-order chi connectivity index (χ1) is 11.9.